The molecule has 0 unspecified atom stereocenters. The zero-order valence-electron chi connectivity index (χ0n) is 9.76. The van der Waals surface area contributed by atoms with Crippen LogP contribution in [0.3, 0.4) is 0 Å². The topological polar surface area (TPSA) is 146 Å². The first-order valence-electron chi connectivity index (χ1n) is 4.90. The molecule has 0 heterocycles. The van der Waals surface area contributed by atoms with Crippen LogP contribution in [0.2, 0.25) is 0 Å². The number of guanidine groups is 2. The standard InChI is InChI=1S/C9H9F3N6O2/c10-9(11,12)4-1-2-6(18(19)20)5(3-4)16-8(15)17-7(13)14/h1-3H,(H6,13,14,15,16,17). The van der Waals surface area contributed by atoms with Crippen molar-refractivity contribution in [2.75, 3.05) is 0 Å². The van der Waals surface area contributed by atoms with E-state index >= 15 is 0 Å². The van der Waals surface area contributed by atoms with Gasteiger partial charge in [-0.3, -0.25) is 10.1 Å². The van der Waals surface area contributed by atoms with Gasteiger partial charge in [0.15, 0.2) is 5.96 Å². The van der Waals surface area contributed by atoms with Crippen LogP contribution in [0.5, 0.6) is 0 Å². The van der Waals surface area contributed by atoms with Crippen LogP contribution < -0.4 is 17.2 Å². The zero-order valence-corrected chi connectivity index (χ0v) is 9.76. The second kappa shape index (κ2) is 5.42. The molecule has 0 saturated carbocycles. The van der Waals surface area contributed by atoms with Crippen molar-refractivity contribution in [1.82, 2.24) is 0 Å². The summed E-state index contributed by atoms with van der Waals surface area (Å²) in [5, 5.41) is 10.7. The van der Waals surface area contributed by atoms with Gasteiger partial charge in [0.2, 0.25) is 5.96 Å². The van der Waals surface area contributed by atoms with Crippen LogP contribution in [-0.4, -0.2) is 16.8 Å². The molecule has 1 aromatic carbocycles. The van der Waals surface area contributed by atoms with Crippen molar-refractivity contribution in [3.05, 3.63) is 33.9 Å². The van der Waals surface area contributed by atoms with Gasteiger partial charge >= 0.3 is 6.18 Å². The van der Waals surface area contributed by atoms with Crippen molar-refractivity contribution in [3.63, 3.8) is 0 Å². The predicted octanol–water partition coefficient (Wildman–Crippen LogP) is 0.833. The highest BCUT2D eigenvalue weighted by Gasteiger charge is 2.32. The third-order valence-corrected chi connectivity index (χ3v) is 1.98. The number of hydrogen-bond acceptors (Lipinski definition) is 3. The average Bonchev–Trinajstić information content (AvgIpc) is 2.25. The Morgan fingerprint density at radius 1 is 1.25 bits per heavy atom. The lowest BCUT2D eigenvalue weighted by atomic mass is 10.1. The van der Waals surface area contributed by atoms with Crippen LogP contribution >= 0.6 is 0 Å². The molecule has 0 saturated heterocycles. The Kier molecular flexibility index (Phi) is 4.12. The first kappa shape index (κ1) is 15.2. The Balaban J connectivity index is 3.41. The fourth-order valence-electron chi connectivity index (χ4n) is 1.22. The molecule has 0 aliphatic carbocycles. The molecule has 20 heavy (non-hydrogen) atoms. The fraction of sp³-hybridized carbons (Fsp3) is 0.111. The fourth-order valence-corrected chi connectivity index (χ4v) is 1.22. The van der Waals surface area contributed by atoms with Gasteiger partial charge in [0, 0.05) is 6.07 Å². The Morgan fingerprint density at radius 2 is 1.85 bits per heavy atom. The second-order valence-corrected chi connectivity index (χ2v) is 3.47. The Labute approximate surface area is 109 Å². The minimum atomic E-state index is -4.68. The number of hydrogen-bond donors (Lipinski definition) is 3. The van der Waals surface area contributed by atoms with E-state index in [0.29, 0.717) is 18.2 Å². The maximum atomic E-state index is 12.5. The van der Waals surface area contributed by atoms with Crippen LogP contribution in [0.25, 0.3) is 0 Å². The van der Waals surface area contributed by atoms with Crippen molar-refractivity contribution in [1.29, 1.82) is 0 Å². The number of alkyl halides is 3. The van der Waals surface area contributed by atoms with Crippen molar-refractivity contribution < 1.29 is 18.1 Å². The van der Waals surface area contributed by atoms with E-state index in [2.05, 4.69) is 9.98 Å². The summed E-state index contributed by atoms with van der Waals surface area (Å²) >= 11 is 0. The van der Waals surface area contributed by atoms with Crippen LogP contribution in [0.1, 0.15) is 5.56 Å². The largest absolute Gasteiger partial charge is 0.416 e. The first-order chi connectivity index (χ1) is 9.11. The molecule has 0 aliphatic rings. The molecule has 108 valence electrons. The lowest BCUT2D eigenvalue weighted by molar-refractivity contribution is -0.384. The number of nitro groups is 1. The van der Waals surface area contributed by atoms with Crippen LogP contribution in [0.4, 0.5) is 24.5 Å². The molecule has 6 N–H and O–H groups in total. The van der Waals surface area contributed by atoms with E-state index in [1.165, 1.54) is 0 Å². The van der Waals surface area contributed by atoms with Gasteiger partial charge in [0.25, 0.3) is 5.69 Å². The molecule has 8 nitrogen and oxygen atoms in total. The number of rotatable bonds is 2. The summed E-state index contributed by atoms with van der Waals surface area (Å²) in [4.78, 5) is 16.5. The number of halogens is 3. The van der Waals surface area contributed by atoms with Gasteiger partial charge in [-0.2, -0.15) is 18.2 Å². The van der Waals surface area contributed by atoms with Crippen LogP contribution in [-0.2, 0) is 6.18 Å². The minimum absolute atomic E-state index is 0.479. The van der Waals surface area contributed by atoms with Crippen LogP contribution in [0, 0.1) is 10.1 Å². The molecule has 0 aromatic heterocycles. The SMILES string of the molecule is NC(N)=NC(N)=Nc1cc(C(F)(F)F)ccc1[N+](=O)[O-]. The van der Waals surface area contributed by atoms with Gasteiger partial charge in [-0.1, -0.05) is 0 Å². The van der Waals surface area contributed by atoms with Gasteiger partial charge in [-0.25, -0.2) is 4.99 Å². The number of nitrogens with zero attached hydrogens (tertiary/aromatic N) is 3. The third-order valence-electron chi connectivity index (χ3n) is 1.98. The molecule has 1 rings (SSSR count). The van der Waals surface area contributed by atoms with E-state index in [1.54, 1.807) is 0 Å². The molecular formula is C9H9F3N6O2. The van der Waals surface area contributed by atoms with E-state index < -0.39 is 40.0 Å². The Morgan fingerprint density at radius 3 is 2.30 bits per heavy atom. The lowest BCUT2D eigenvalue weighted by Crippen LogP contribution is -2.26. The van der Waals surface area contributed by atoms with E-state index in [4.69, 9.17) is 17.2 Å². The molecule has 0 spiro atoms. The molecule has 0 bridgehead atoms. The summed E-state index contributed by atoms with van der Waals surface area (Å²) in [6.45, 7) is 0. The van der Waals surface area contributed by atoms with Crippen molar-refractivity contribution in [2.45, 2.75) is 6.18 Å². The number of nitrogens with two attached hydrogens (primary N) is 3. The third kappa shape index (κ3) is 3.83. The summed E-state index contributed by atoms with van der Waals surface area (Å²) < 4.78 is 37.6. The minimum Gasteiger partial charge on any atom is -0.370 e. The molecule has 11 heteroatoms. The smallest absolute Gasteiger partial charge is 0.370 e. The highest BCUT2D eigenvalue weighted by Crippen LogP contribution is 2.36. The van der Waals surface area contributed by atoms with Crippen LogP contribution in [0.15, 0.2) is 28.2 Å². The number of benzene rings is 1. The number of nitro benzene ring substituents is 1. The molecule has 0 radical (unpaired) electrons. The highest BCUT2D eigenvalue weighted by atomic mass is 19.4. The molecule has 0 aliphatic heterocycles. The molecule has 0 atom stereocenters. The van der Waals surface area contributed by atoms with Crippen molar-refractivity contribution in [2.24, 2.45) is 27.2 Å². The quantitative estimate of drug-likeness (QED) is 0.319. The van der Waals surface area contributed by atoms with Crippen molar-refractivity contribution >= 4 is 23.3 Å². The molecule has 1 aromatic rings. The zero-order chi connectivity index (χ0) is 15.5. The van der Waals surface area contributed by atoms with E-state index in [0.717, 1.165) is 0 Å². The molecule has 0 fully saturated rings. The average molecular weight is 290 g/mol. The summed E-state index contributed by atoms with van der Waals surface area (Å²) in [7, 11) is 0. The summed E-state index contributed by atoms with van der Waals surface area (Å²) in [6, 6.07) is 1.71. The lowest BCUT2D eigenvalue weighted by Gasteiger charge is -2.07. The normalized spacial score (nSPS) is 12.1. The predicted molar refractivity (Wildman–Crippen MR) is 65.2 cm³/mol. The van der Waals surface area contributed by atoms with E-state index in [9.17, 15) is 23.3 Å². The summed E-state index contributed by atoms with van der Waals surface area (Å²) in [6.07, 6.45) is -4.68. The van der Waals surface area contributed by atoms with Gasteiger partial charge in [-0.05, 0) is 12.1 Å². The van der Waals surface area contributed by atoms with Gasteiger partial charge in [0.1, 0.15) is 5.69 Å². The summed E-state index contributed by atoms with van der Waals surface area (Å²) in [5.74, 6) is -1.09. The molecule has 0 amide bonds. The maximum absolute atomic E-state index is 12.5. The Hall–Kier alpha value is -2.85. The second-order valence-electron chi connectivity index (χ2n) is 3.47. The summed E-state index contributed by atoms with van der Waals surface area (Å²) in [5.41, 5.74) is 12.9. The van der Waals surface area contributed by atoms with Gasteiger partial charge in [0.05, 0.1) is 10.5 Å². The monoisotopic (exact) mass is 290 g/mol. The maximum Gasteiger partial charge on any atom is 0.416 e. The first-order valence-corrected chi connectivity index (χ1v) is 4.90. The van der Waals surface area contributed by atoms with E-state index in [-0.39, 0.29) is 0 Å². The Bertz CT molecular complexity index is 592. The van der Waals surface area contributed by atoms with Crippen molar-refractivity contribution in [3.8, 4) is 0 Å². The van der Waals surface area contributed by atoms with Gasteiger partial charge < -0.3 is 17.2 Å². The highest BCUT2D eigenvalue weighted by molar-refractivity contribution is 5.94. The van der Waals surface area contributed by atoms with Gasteiger partial charge in [-0.15, -0.1) is 0 Å². The molecular weight excluding hydrogens is 281 g/mol. The number of aliphatic imine (C=N–C) groups is 2. The van der Waals surface area contributed by atoms with E-state index in [1.807, 2.05) is 0 Å².